The average molecular weight is 339 g/mol. The zero-order valence-corrected chi connectivity index (χ0v) is 14.6. The van der Waals surface area contributed by atoms with Crippen molar-refractivity contribution in [3.63, 3.8) is 0 Å². The standard InChI is InChI=1S/C19H25N5O/c1-15-6-2-3-7-16(15)12-21-19(25)13-20-17-8-5-11-24(14-17)18-9-4-10-22-23-18/h2-4,6-7,9-10,17,20H,5,8,11-14H2,1H3,(H,21,25)/t17-/m0/s1. The highest BCUT2D eigenvalue weighted by Crippen LogP contribution is 2.16. The second-order valence-corrected chi connectivity index (χ2v) is 6.45. The summed E-state index contributed by atoms with van der Waals surface area (Å²) >= 11 is 0. The van der Waals surface area contributed by atoms with Gasteiger partial charge in [-0.3, -0.25) is 4.79 Å². The Hall–Kier alpha value is -2.47. The van der Waals surface area contributed by atoms with Gasteiger partial charge in [0.25, 0.3) is 0 Å². The highest BCUT2D eigenvalue weighted by atomic mass is 16.1. The molecule has 1 aliphatic rings. The molecule has 1 aromatic carbocycles. The van der Waals surface area contributed by atoms with Crippen LogP contribution in [-0.2, 0) is 11.3 Å². The monoisotopic (exact) mass is 339 g/mol. The van der Waals surface area contributed by atoms with Crippen molar-refractivity contribution in [2.75, 3.05) is 24.5 Å². The molecule has 1 amide bonds. The number of rotatable bonds is 6. The van der Waals surface area contributed by atoms with Crippen LogP contribution < -0.4 is 15.5 Å². The van der Waals surface area contributed by atoms with Gasteiger partial charge in [0.1, 0.15) is 0 Å². The van der Waals surface area contributed by atoms with Crippen LogP contribution in [0.3, 0.4) is 0 Å². The maximum atomic E-state index is 12.1. The Morgan fingerprint density at radius 1 is 1.28 bits per heavy atom. The summed E-state index contributed by atoms with van der Waals surface area (Å²) < 4.78 is 0. The van der Waals surface area contributed by atoms with Crippen molar-refractivity contribution in [1.29, 1.82) is 0 Å². The molecule has 1 fully saturated rings. The number of amides is 1. The predicted molar refractivity (Wildman–Crippen MR) is 98.3 cm³/mol. The summed E-state index contributed by atoms with van der Waals surface area (Å²) in [7, 11) is 0. The molecule has 132 valence electrons. The molecule has 6 nitrogen and oxygen atoms in total. The van der Waals surface area contributed by atoms with E-state index in [-0.39, 0.29) is 5.91 Å². The predicted octanol–water partition coefficient (Wildman–Crippen LogP) is 1.66. The number of piperidine rings is 1. The molecule has 0 radical (unpaired) electrons. The number of hydrogen-bond acceptors (Lipinski definition) is 5. The first kappa shape index (κ1) is 17.4. The van der Waals surface area contributed by atoms with Gasteiger partial charge in [-0.2, -0.15) is 5.10 Å². The van der Waals surface area contributed by atoms with Gasteiger partial charge in [0.15, 0.2) is 5.82 Å². The van der Waals surface area contributed by atoms with Crippen molar-refractivity contribution in [1.82, 2.24) is 20.8 Å². The number of benzene rings is 1. The number of aromatic nitrogens is 2. The highest BCUT2D eigenvalue weighted by molar-refractivity contribution is 5.78. The molecule has 0 unspecified atom stereocenters. The van der Waals surface area contributed by atoms with Gasteiger partial charge in [-0.1, -0.05) is 24.3 Å². The molecular weight excluding hydrogens is 314 g/mol. The summed E-state index contributed by atoms with van der Waals surface area (Å²) in [6, 6.07) is 12.3. The van der Waals surface area contributed by atoms with E-state index in [1.165, 1.54) is 5.56 Å². The summed E-state index contributed by atoms with van der Waals surface area (Å²) in [6.45, 7) is 4.80. The first-order valence-electron chi connectivity index (χ1n) is 8.79. The van der Waals surface area contributed by atoms with E-state index < -0.39 is 0 Å². The molecule has 6 heteroatoms. The van der Waals surface area contributed by atoms with E-state index >= 15 is 0 Å². The third-order valence-electron chi connectivity index (χ3n) is 4.59. The number of carbonyl (C=O) groups excluding carboxylic acids is 1. The fourth-order valence-corrected chi connectivity index (χ4v) is 3.12. The maximum Gasteiger partial charge on any atom is 0.234 e. The van der Waals surface area contributed by atoms with Gasteiger partial charge in [0, 0.05) is 31.9 Å². The second kappa shape index (κ2) is 8.58. The summed E-state index contributed by atoms with van der Waals surface area (Å²) in [6.07, 6.45) is 3.84. The minimum Gasteiger partial charge on any atom is -0.354 e. The van der Waals surface area contributed by atoms with E-state index in [4.69, 9.17) is 0 Å². The van der Waals surface area contributed by atoms with Gasteiger partial charge in [-0.25, -0.2) is 0 Å². The van der Waals surface area contributed by atoms with Gasteiger partial charge < -0.3 is 15.5 Å². The Labute approximate surface area is 148 Å². The van der Waals surface area contributed by atoms with E-state index in [0.29, 0.717) is 19.1 Å². The fraction of sp³-hybridized carbons (Fsp3) is 0.421. The molecule has 2 heterocycles. The lowest BCUT2D eigenvalue weighted by Crippen LogP contribution is -2.48. The van der Waals surface area contributed by atoms with Crippen LogP contribution in [0.2, 0.25) is 0 Å². The Morgan fingerprint density at radius 2 is 2.16 bits per heavy atom. The average Bonchev–Trinajstić information content (AvgIpc) is 2.67. The summed E-state index contributed by atoms with van der Waals surface area (Å²) in [5.41, 5.74) is 2.35. The smallest absolute Gasteiger partial charge is 0.234 e. The number of nitrogens with one attached hydrogen (secondary N) is 2. The Balaban J connectivity index is 1.43. The fourth-order valence-electron chi connectivity index (χ4n) is 3.12. The maximum absolute atomic E-state index is 12.1. The lowest BCUT2D eigenvalue weighted by Gasteiger charge is -2.33. The van der Waals surface area contributed by atoms with Crippen LogP contribution in [0.25, 0.3) is 0 Å². The van der Waals surface area contributed by atoms with Crippen molar-refractivity contribution in [2.24, 2.45) is 0 Å². The first-order chi connectivity index (χ1) is 12.2. The van der Waals surface area contributed by atoms with Crippen molar-refractivity contribution in [3.05, 3.63) is 53.7 Å². The molecule has 0 aliphatic carbocycles. The van der Waals surface area contributed by atoms with E-state index in [0.717, 1.165) is 37.3 Å². The van der Waals surface area contributed by atoms with Crippen molar-refractivity contribution in [2.45, 2.75) is 32.4 Å². The van der Waals surface area contributed by atoms with Gasteiger partial charge in [0.05, 0.1) is 6.54 Å². The molecule has 1 aromatic heterocycles. The SMILES string of the molecule is Cc1ccccc1CNC(=O)CN[C@H]1CCCN(c2cccnn2)C1. The number of carbonyl (C=O) groups is 1. The van der Waals surface area contributed by atoms with Crippen LogP contribution in [0.5, 0.6) is 0 Å². The quantitative estimate of drug-likeness (QED) is 0.838. The molecule has 1 atom stereocenters. The van der Waals surface area contributed by atoms with Crippen LogP contribution >= 0.6 is 0 Å². The molecule has 0 bridgehead atoms. The van der Waals surface area contributed by atoms with Crippen molar-refractivity contribution < 1.29 is 4.79 Å². The number of hydrogen-bond donors (Lipinski definition) is 2. The number of anilines is 1. The van der Waals surface area contributed by atoms with E-state index in [2.05, 4.69) is 38.7 Å². The molecule has 1 saturated heterocycles. The molecule has 0 spiro atoms. The second-order valence-electron chi connectivity index (χ2n) is 6.45. The number of nitrogens with zero attached hydrogens (tertiary/aromatic N) is 3. The normalized spacial score (nSPS) is 17.3. The van der Waals surface area contributed by atoms with Gasteiger partial charge in [0.2, 0.25) is 5.91 Å². The molecule has 1 aliphatic heterocycles. The Morgan fingerprint density at radius 3 is 2.96 bits per heavy atom. The lowest BCUT2D eigenvalue weighted by atomic mass is 10.1. The van der Waals surface area contributed by atoms with Crippen LogP contribution in [0, 0.1) is 6.92 Å². The van der Waals surface area contributed by atoms with Crippen molar-refractivity contribution >= 4 is 11.7 Å². The van der Waals surface area contributed by atoms with Crippen LogP contribution in [0.1, 0.15) is 24.0 Å². The summed E-state index contributed by atoms with van der Waals surface area (Å²) in [5.74, 6) is 0.929. The largest absolute Gasteiger partial charge is 0.354 e. The van der Waals surface area contributed by atoms with Crippen LogP contribution in [-0.4, -0.2) is 41.8 Å². The first-order valence-corrected chi connectivity index (χ1v) is 8.79. The summed E-state index contributed by atoms with van der Waals surface area (Å²) in [4.78, 5) is 14.3. The number of aryl methyl sites for hydroxylation is 1. The van der Waals surface area contributed by atoms with Gasteiger partial charge >= 0.3 is 0 Å². The van der Waals surface area contributed by atoms with Gasteiger partial charge in [-0.05, 0) is 43.0 Å². The van der Waals surface area contributed by atoms with E-state index in [1.54, 1.807) is 6.20 Å². The zero-order valence-electron chi connectivity index (χ0n) is 14.6. The topological polar surface area (TPSA) is 70.2 Å². The zero-order chi connectivity index (χ0) is 17.5. The van der Waals surface area contributed by atoms with Crippen LogP contribution in [0.15, 0.2) is 42.6 Å². The minimum absolute atomic E-state index is 0.0277. The Bertz CT molecular complexity index is 691. The van der Waals surface area contributed by atoms with Crippen molar-refractivity contribution in [3.8, 4) is 0 Å². The highest BCUT2D eigenvalue weighted by Gasteiger charge is 2.21. The molecule has 2 aromatic rings. The molecular formula is C19H25N5O. The van der Waals surface area contributed by atoms with E-state index in [9.17, 15) is 4.79 Å². The van der Waals surface area contributed by atoms with Crippen LogP contribution in [0.4, 0.5) is 5.82 Å². The van der Waals surface area contributed by atoms with Gasteiger partial charge in [-0.15, -0.1) is 5.10 Å². The molecule has 0 saturated carbocycles. The molecule has 3 rings (SSSR count). The van der Waals surface area contributed by atoms with E-state index in [1.807, 2.05) is 30.3 Å². The molecule has 2 N–H and O–H groups in total. The lowest BCUT2D eigenvalue weighted by molar-refractivity contribution is -0.120. The minimum atomic E-state index is 0.0277. The summed E-state index contributed by atoms with van der Waals surface area (Å²) in [5, 5.41) is 14.5. The molecule has 25 heavy (non-hydrogen) atoms. The third kappa shape index (κ3) is 5.00. The Kier molecular flexibility index (Phi) is 5.95. The third-order valence-corrected chi connectivity index (χ3v) is 4.59.